The first-order valence-corrected chi connectivity index (χ1v) is 5.93. The van der Waals surface area contributed by atoms with Crippen molar-refractivity contribution in [3.63, 3.8) is 0 Å². The lowest BCUT2D eigenvalue weighted by atomic mass is 10.1. The maximum atomic E-state index is 11.5. The van der Waals surface area contributed by atoms with Crippen LogP contribution in [-0.2, 0) is 0 Å². The van der Waals surface area contributed by atoms with Crippen molar-refractivity contribution in [1.82, 2.24) is 15.2 Å². The molecule has 7 heteroatoms. The van der Waals surface area contributed by atoms with Crippen LogP contribution < -0.4 is 5.56 Å². The number of pyridine rings is 1. The zero-order valence-corrected chi connectivity index (χ0v) is 9.75. The zero-order valence-electron chi connectivity index (χ0n) is 8.93. The number of fused-ring (bicyclic) bond motifs is 1. The highest BCUT2D eigenvalue weighted by Crippen LogP contribution is 2.25. The van der Waals surface area contributed by atoms with E-state index in [0.717, 1.165) is 4.88 Å². The third-order valence-corrected chi connectivity index (χ3v) is 3.44. The topological polar surface area (TPSA) is 98.8 Å². The number of aromatic carboxylic acids is 1. The molecule has 0 aliphatic heterocycles. The van der Waals surface area contributed by atoms with E-state index in [-0.39, 0.29) is 16.6 Å². The third-order valence-electron chi connectivity index (χ3n) is 2.54. The first-order valence-electron chi connectivity index (χ1n) is 5.05. The van der Waals surface area contributed by atoms with Crippen molar-refractivity contribution in [3.8, 4) is 10.6 Å². The lowest BCUT2D eigenvalue weighted by Gasteiger charge is -2.00. The quantitative estimate of drug-likeness (QED) is 0.653. The van der Waals surface area contributed by atoms with Gasteiger partial charge in [0.25, 0.3) is 5.56 Å². The van der Waals surface area contributed by atoms with Crippen LogP contribution >= 0.6 is 11.3 Å². The molecule has 0 amide bonds. The smallest absolute Gasteiger partial charge is 0.336 e. The number of carboxylic acids is 1. The fourth-order valence-corrected chi connectivity index (χ4v) is 2.45. The Balaban J connectivity index is 2.38. The van der Waals surface area contributed by atoms with E-state index in [0.29, 0.717) is 5.69 Å². The average Bonchev–Trinajstić information content (AvgIpc) is 2.98. The number of aromatic nitrogens is 3. The number of hydrogen-bond donors (Lipinski definition) is 3. The van der Waals surface area contributed by atoms with Crippen molar-refractivity contribution in [1.29, 1.82) is 0 Å². The minimum Gasteiger partial charge on any atom is -0.478 e. The highest BCUT2D eigenvalue weighted by Gasteiger charge is 2.17. The Morgan fingerprint density at radius 3 is 2.89 bits per heavy atom. The molecule has 0 aromatic carbocycles. The summed E-state index contributed by atoms with van der Waals surface area (Å²) in [5.74, 6) is -1.15. The summed E-state index contributed by atoms with van der Waals surface area (Å²) in [6.07, 6.45) is 0. The van der Waals surface area contributed by atoms with Crippen LogP contribution in [0.5, 0.6) is 0 Å². The molecule has 6 nitrogen and oxygen atoms in total. The van der Waals surface area contributed by atoms with Gasteiger partial charge in [-0.2, -0.15) is 0 Å². The van der Waals surface area contributed by atoms with Gasteiger partial charge in [-0.15, -0.1) is 11.3 Å². The fourth-order valence-electron chi connectivity index (χ4n) is 1.76. The van der Waals surface area contributed by atoms with Gasteiger partial charge in [-0.1, -0.05) is 6.07 Å². The van der Waals surface area contributed by atoms with Crippen molar-refractivity contribution in [2.24, 2.45) is 0 Å². The van der Waals surface area contributed by atoms with Crippen molar-refractivity contribution in [2.75, 3.05) is 0 Å². The number of carbonyl (C=O) groups is 1. The van der Waals surface area contributed by atoms with Gasteiger partial charge in [0, 0.05) is 0 Å². The van der Waals surface area contributed by atoms with Crippen LogP contribution in [0.15, 0.2) is 28.4 Å². The van der Waals surface area contributed by atoms with E-state index in [4.69, 9.17) is 5.11 Å². The van der Waals surface area contributed by atoms with E-state index in [1.165, 1.54) is 17.4 Å². The van der Waals surface area contributed by atoms with E-state index in [2.05, 4.69) is 15.2 Å². The van der Waals surface area contributed by atoms with Gasteiger partial charge in [0.15, 0.2) is 5.65 Å². The number of nitrogens with zero attached hydrogens (tertiary/aromatic N) is 1. The first kappa shape index (κ1) is 10.7. The van der Waals surface area contributed by atoms with Crippen LogP contribution in [0.1, 0.15) is 10.4 Å². The lowest BCUT2D eigenvalue weighted by molar-refractivity contribution is 0.0699. The van der Waals surface area contributed by atoms with E-state index >= 15 is 0 Å². The van der Waals surface area contributed by atoms with Crippen LogP contribution in [0.2, 0.25) is 0 Å². The molecule has 0 aliphatic rings. The molecule has 0 saturated carbocycles. The average molecular weight is 261 g/mol. The molecule has 0 unspecified atom stereocenters. The van der Waals surface area contributed by atoms with Gasteiger partial charge in [0.1, 0.15) is 0 Å². The predicted octanol–water partition coefficient (Wildman–Crippen LogP) is 1.68. The second-order valence-electron chi connectivity index (χ2n) is 3.64. The molecule has 0 radical (unpaired) electrons. The van der Waals surface area contributed by atoms with Gasteiger partial charge in [0.2, 0.25) is 0 Å². The summed E-state index contributed by atoms with van der Waals surface area (Å²) in [5, 5.41) is 16.0. The highest BCUT2D eigenvalue weighted by molar-refractivity contribution is 7.13. The minimum atomic E-state index is -1.15. The van der Waals surface area contributed by atoms with Crippen molar-refractivity contribution in [3.05, 3.63) is 39.5 Å². The maximum Gasteiger partial charge on any atom is 0.336 e. The standard InChI is InChI=1S/C11H7N3O3S/c15-10-8-5(11(16)17)4-6(7-2-1-3-18-7)12-9(8)13-14-10/h1-4H,(H,16,17)(H2,12,13,14,15). The Bertz CT molecular complexity index is 786. The minimum absolute atomic E-state index is 0.0501. The second-order valence-corrected chi connectivity index (χ2v) is 4.59. The monoisotopic (exact) mass is 261 g/mol. The number of H-pyrrole nitrogens is 2. The van der Waals surface area contributed by atoms with Gasteiger partial charge >= 0.3 is 5.97 Å². The molecule has 0 spiro atoms. The number of nitrogens with one attached hydrogen (secondary N) is 2. The van der Waals surface area contributed by atoms with Crippen molar-refractivity contribution in [2.45, 2.75) is 0 Å². The molecule has 3 aromatic heterocycles. The molecule has 0 aliphatic carbocycles. The van der Waals surface area contributed by atoms with E-state index in [9.17, 15) is 9.59 Å². The number of aromatic amines is 2. The highest BCUT2D eigenvalue weighted by atomic mass is 32.1. The number of rotatable bonds is 2. The Morgan fingerprint density at radius 1 is 1.39 bits per heavy atom. The molecule has 18 heavy (non-hydrogen) atoms. The molecule has 0 saturated heterocycles. The molecule has 0 atom stereocenters. The second kappa shape index (κ2) is 3.81. The van der Waals surface area contributed by atoms with E-state index in [1.807, 2.05) is 17.5 Å². The molecular formula is C11H7N3O3S. The molecule has 0 fully saturated rings. The Kier molecular flexibility index (Phi) is 2.27. The third kappa shape index (κ3) is 1.52. The van der Waals surface area contributed by atoms with E-state index < -0.39 is 11.5 Å². The van der Waals surface area contributed by atoms with Crippen LogP contribution in [0.25, 0.3) is 21.6 Å². The van der Waals surface area contributed by atoms with Gasteiger partial charge in [0.05, 0.1) is 21.5 Å². The number of hydrogen-bond acceptors (Lipinski definition) is 4. The Hall–Kier alpha value is -2.41. The molecular weight excluding hydrogens is 254 g/mol. The summed E-state index contributed by atoms with van der Waals surface area (Å²) < 4.78 is 0. The van der Waals surface area contributed by atoms with Crippen LogP contribution in [0.4, 0.5) is 0 Å². The summed E-state index contributed by atoms with van der Waals surface area (Å²) in [7, 11) is 0. The number of carboxylic acid groups (broad SMARTS) is 1. The van der Waals surface area contributed by atoms with Crippen molar-refractivity contribution < 1.29 is 9.90 Å². The molecule has 3 rings (SSSR count). The van der Waals surface area contributed by atoms with Gasteiger partial charge in [-0.25, -0.2) is 9.78 Å². The summed E-state index contributed by atoms with van der Waals surface area (Å²) >= 11 is 1.45. The normalized spacial score (nSPS) is 10.9. The molecule has 3 aromatic rings. The molecule has 0 bridgehead atoms. The Morgan fingerprint density at radius 2 is 2.22 bits per heavy atom. The van der Waals surface area contributed by atoms with Gasteiger partial charge < -0.3 is 5.11 Å². The molecule has 3 heterocycles. The fraction of sp³-hybridized carbons (Fsp3) is 0. The number of thiophene rings is 1. The summed E-state index contributed by atoms with van der Waals surface area (Å²) in [6.45, 7) is 0. The van der Waals surface area contributed by atoms with Gasteiger partial charge in [-0.3, -0.25) is 15.0 Å². The van der Waals surface area contributed by atoms with Gasteiger partial charge in [-0.05, 0) is 17.5 Å². The maximum absolute atomic E-state index is 11.5. The van der Waals surface area contributed by atoms with Crippen LogP contribution in [0, 0.1) is 0 Å². The Labute approximate surface area is 104 Å². The van der Waals surface area contributed by atoms with E-state index in [1.54, 1.807) is 0 Å². The molecule has 3 N–H and O–H groups in total. The van der Waals surface area contributed by atoms with Crippen LogP contribution in [-0.4, -0.2) is 26.3 Å². The summed E-state index contributed by atoms with van der Waals surface area (Å²) in [4.78, 5) is 27.8. The predicted molar refractivity (Wildman–Crippen MR) is 67.0 cm³/mol. The largest absolute Gasteiger partial charge is 0.478 e. The molecule has 90 valence electrons. The van der Waals surface area contributed by atoms with Crippen LogP contribution in [0.3, 0.4) is 0 Å². The van der Waals surface area contributed by atoms with Crippen molar-refractivity contribution >= 4 is 28.3 Å². The lowest BCUT2D eigenvalue weighted by Crippen LogP contribution is -2.06. The zero-order chi connectivity index (χ0) is 12.7. The summed E-state index contributed by atoms with van der Waals surface area (Å²) in [6, 6.07) is 5.11. The first-order chi connectivity index (χ1) is 8.66. The summed E-state index contributed by atoms with van der Waals surface area (Å²) in [5.41, 5.74) is 0.256. The SMILES string of the molecule is O=C(O)c1cc(-c2cccs2)nc2[nH][nH]c(=O)c12.